The topological polar surface area (TPSA) is 37.3 Å². The Bertz CT molecular complexity index is 834. The van der Waals surface area contributed by atoms with Crippen molar-refractivity contribution < 1.29 is 13.2 Å². The van der Waals surface area contributed by atoms with Crippen molar-refractivity contribution in [3.63, 3.8) is 0 Å². The number of alkyl halides is 3. The summed E-state index contributed by atoms with van der Waals surface area (Å²) >= 11 is 0. The van der Waals surface area contributed by atoms with Gasteiger partial charge in [-0.2, -0.15) is 18.3 Å². The predicted octanol–water partition coefficient (Wildman–Crippen LogP) is 4.70. The highest BCUT2D eigenvalue weighted by molar-refractivity contribution is 5.99. The molecule has 1 N–H and O–H groups in total. The Kier molecular flexibility index (Phi) is 3.97. The average molecular weight is 315 g/mol. The lowest BCUT2D eigenvalue weighted by atomic mass is 10.1. The van der Waals surface area contributed by atoms with Crippen LogP contribution in [0.15, 0.2) is 65.9 Å². The van der Waals surface area contributed by atoms with Crippen LogP contribution in [0.3, 0.4) is 0 Å². The molecular formula is C17H12F3N3. The number of aromatic nitrogens is 1. The van der Waals surface area contributed by atoms with Gasteiger partial charge in [0.2, 0.25) is 0 Å². The highest BCUT2D eigenvalue weighted by Crippen LogP contribution is 2.28. The molecule has 0 atom stereocenters. The van der Waals surface area contributed by atoms with Crippen LogP contribution in [0.4, 0.5) is 19.0 Å². The zero-order valence-electron chi connectivity index (χ0n) is 11.9. The summed E-state index contributed by atoms with van der Waals surface area (Å²) in [6.45, 7) is 0. The molecule has 0 spiro atoms. The van der Waals surface area contributed by atoms with Crippen LogP contribution in [0.25, 0.3) is 10.8 Å². The van der Waals surface area contributed by atoms with Crippen molar-refractivity contribution in [2.45, 2.75) is 6.18 Å². The minimum absolute atomic E-state index is 0.245. The summed E-state index contributed by atoms with van der Waals surface area (Å²) in [6, 6.07) is 15.9. The highest BCUT2D eigenvalue weighted by Gasteiger charge is 2.30. The fourth-order valence-corrected chi connectivity index (χ4v) is 2.16. The van der Waals surface area contributed by atoms with Crippen LogP contribution in [0.5, 0.6) is 0 Å². The zero-order valence-corrected chi connectivity index (χ0v) is 11.9. The molecule has 0 bridgehead atoms. The van der Waals surface area contributed by atoms with E-state index in [0.717, 1.165) is 28.6 Å². The molecule has 1 aromatic heterocycles. The summed E-state index contributed by atoms with van der Waals surface area (Å²) in [7, 11) is 0. The van der Waals surface area contributed by atoms with Crippen molar-refractivity contribution in [1.29, 1.82) is 0 Å². The summed E-state index contributed by atoms with van der Waals surface area (Å²) < 4.78 is 37.4. The lowest BCUT2D eigenvalue weighted by Gasteiger charge is -2.06. The number of hydrogen-bond acceptors (Lipinski definition) is 3. The molecule has 6 heteroatoms. The third-order valence-corrected chi connectivity index (χ3v) is 3.30. The molecule has 0 radical (unpaired) electrons. The summed E-state index contributed by atoms with van der Waals surface area (Å²) in [4.78, 5) is 3.69. The second-order valence-electron chi connectivity index (χ2n) is 4.87. The highest BCUT2D eigenvalue weighted by atomic mass is 19.4. The Morgan fingerprint density at radius 2 is 1.74 bits per heavy atom. The molecule has 0 aliphatic heterocycles. The maximum atomic E-state index is 12.5. The van der Waals surface area contributed by atoms with Gasteiger partial charge in [0.15, 0.2) is 0 Å². The third-order valence-electron chi connectivity index (χ3n) is 3.30. The molecule has 0 unspecified atom stereocenters. The van der Waals surface area contributed by atoms with E-state index in [2.05, 4.69) is 15.5 Å². The molecule has 2 aromatic carbocycles. The molecule has 3 rings (SSSR count). The lowest BCUT2D eigenvalue weighted by molar-refractivity contribution is -0.137. The minimum atomic E-state index is -4.39. The van der Waals surface area contributed by atoms with Gasteiger partial charge >= 0.3 is 6.18 Å². The first-order valence-electron chi connectivity index (χ1n) is 6.84. The van der Waals surface area contributed by atoms with E-state index in [-0.39, 0.29) is 5.82 Å². The Morgan fingerprint density at radius 3 is 2.48 bits per heavy atom. The van der Waals surface area contributed by atoms with Gasteiger partial charge in [-0.3, -0.25) is 5.43 Å². The molecule has 3 aromatic rings. The van der Waals surface area contributed by atoms with E-state index in [1.807, 2.05) is 42.5 Å². The number of fused-ring (bicyclic) bond motifs is 1. The molecule has 0 amide bonds. The van der Waals surface area contributed by atoms with Gasteiger partial charge in [0.1, 0.15) is 5.82 Å². The van der Waals surface area contributed by atoms with E-state index >= 15 is 0 Å². The SMILES string of the molecule is FC(F)(F)c1ccc(N/N=C\c2cccc3ccccc23)nc1. The molecule has 3 nitrogen and oxygen atoms in total. The number of benzene rings is 2. The Morgan fingerprint density at radius 1 is 0.957 bits per heavy atom. The number of halogens is 3. The first-order chi connectivity index (χ1) is 11.0. The molecule has 0 aliphatic carbocycles. The van der Waals surface area contributed by atoms with Gasteiger partial charge in [-0.05, 0) is 22.9 Å². The van der Waals surface area contributed by atoms with E-state index in [1.54, 1.807) is 6.21 Å². The van der Waals surface area contributed by atoms with Gasteiger partial charge in [-0.25, -0.2) is 4.98 Å². The van der Waals surface area contributed by atoms with Crippen molar-refractivity contribution in [2.24, 2.45) is 5.10 Å². The van der Waals surface area contributed by atoms with E-state index in [4.69, 9.17) is 0 Å². The molecule has 23 heavy (non-hydrogen) atoms. The van der Waals surface area contributed by atoms with Crippen LogP contribution >= 0.6 is 0 Å². The lowest BCUT2D eigenvalue weighted by Crippen LogP contribution is -2.05. The summed E-state index contributed by atoms with van der Waals surface area (Å²) in [5, 5.41) is 6.16. The first kappa shape index (κ1) is 15.0. The fraction of sp³-hybridized carbons (Fsp3) is 0.0588. The van der Waals surface area contributed by atoms with Gasteiger partial charge < -0.3 is 0 Å². The number of hydrazone groups is 1. The fourth-order valence-electron chi connectivity index (χ4n) is 2.16. The van der Waals surface area contributed by atoms with Crippen LogP contribution in [0, 0.1) is 0 Å². The number of nitrogens with one attached hydrogen (secondary N) is 1. The molecule has 0 saturated carbocycles. The molecule has 0 aliphatic rings. The maximum absolute atomic E-state index is 12.5. The van der Waals surface area contributed by atoms with Crippen molar-refractivity contribution in [1.82, 2.24) is 4.98 Å². The summed E-state index contributed by atoms with van der Waals surface area (Å²) in [5.41, 5.74) is 2.74. The molecule has 0 saturated heterocycles. The van der Waals surface area contributed by atoms with Gasteiger partial charge in [0.05, 0.1) is 11.8 Å². The van der Waals surface area contributed by atoms with Crippen LogP contribution in [-0.2, 0) is 6.18 Å². The normalized spacial score (nSPS) is 12.0. The largest absolute Gasteiger partial charge is 0.417 e. The van der Waals surface area contributed by atoms with E-state index < -0.39 is 11.7 Å². The molecule has 116 valence electrons. The monoisotopic (exact) mass is 315 g/mol. The second-order valence-corrected chi connectivity index (χ2v) is 4.87. The average Bonchev–Trinajstić information content (AvgIpc) is 2.55. The predicted molar refractivity (Wildman–Crippen MR) is 84.4 cm³/mol. The van der Waals surface area contributed by atoms with Crippen LogP contribution in [0.1, 0.15) is 11.1 Å². The summed E-state index contributed by atoms with van der Waals surface area (Å²) in [5.74, 6) is 0.245. The maximum Gasteiger partial charge on any atom is 0.417 e. The van der Waals surface area contributed by atoms with Crippen LogP contribution in [-0.4, -0.2) is 11.2 Å². The number of rotatable bonds is 3. The standard InChI is InChI=1S/C17H12F3N3/c18-17(19,20)14-8-9-16(21-11-14)23-22-10-13-6-3-5-12-4-1-2-7-15(12)13/h1-11H,(H,21,23)/b22-10-. The van der Waals surface area contributed by atoms with Crippen molar-refractivity contribution in [3.05, 3.63) is 71.9 Å². The molecule has 0 fully saturated rings. The first-order valence-corrected chi connectivity index (χ1v) is 6.84. The molecular weight excluding hydrogens is 303 g/mol. The number of pyridine rings is 1. The number of anilines is 1. The summed E-state index contributed by atoms with van der Waals surface area (Å²) in [6.07, 6.45) is -2.00. The Hall–Kier alpha value is -2.89. The Labute approximate surface area is 130 Å². The third kappa shape index (κ3) is 3.48. The van der Waals surface area contributed by atoms with Gasteiger partial charge in [-0.1, -0.05) is 42.5 Å². The van der Waals surface area contributed by atoms with Crippen molar-refractivity contribution in [2.75, 3.05) is 5.43 Å². The molecule has 1 heterocycles. The minimum Gasteiger partial charge on any atom is -0.261 e. The van der Waals surface area contributed by atoms with Gasteiger partial charge in [-0.15, -0.1) is 0 Å². The van der Waals surface area contributed by atoms with Crippen molar-refractivity contribution >= 4 is 22.8 Å². The smallest absolute Gasteiger partial charge is 0.261 e. The van der Waals surface area contributed by atoms with Crippen molar-refractivity contribution in [3.8, 4) is 0 Å². The quantitative estimate of drug-likeness (QED) is 0.562. The zero-order chi connectivity index (χ0) is 16.3. The van der Waals surface area contributed by atoms with Crippen LogP contribution in [0.2, 0.25) is 0 Å². The van der Waals surface area contributed by atoms with E-state index in [0.29, 0.717) is 0 Å². The Balaban J connectivity index is 1.76. The van der Waals surface area contributed by atoms with Gasteiger partial charge in [0.25, 0.3) is 0 Å². The van der Waals surface area contributed by atoms with Crippen LogP contribution < -0.4 is 5.43 Å². The number of nitrogens with zero attached hydrogens (tertiary/aromatic N) is 2. The van der Waals surface area contributed by atoms with Gasteiger partial charge in [0, 0.05) is 11.8 Å². The second kappa shape index (κ2) is 6.08. The van der Waals surface area contributed by atoms with E-state index in [1.165, 1.54) is 6.07 Å². The van der Waals surface area contributed by atoms with E-state index in [9.17, 15) is 13.2 Å². The number of hydrogen-bond donors (Lipinski definition) is 1.